The molecule has 1 aliphatic heterocycles. The van der Waals surface area contributed by atoms with Crippen LogP contribution >= 0.6 is 11.3 Å². The summed E-state index contributed by atoms with van der Waals surface area (Å²) >= 11 is 1.17. The fourth-order valence-electron chi connectivity index (χ4n) is 3.30. The SMILES string of the molecule is COc1ccc([C@H]2C(C(=O)c3ccco3)=C(O)C(=O)N2c2nnc(C)s2)cc1OC. The number of amides is 1. The van der Waals surface area contributed by atoms with Gasteiger partial charge in [0.05, 0.1) is 32.1 Å². The Kier molecular flexibility index (Phi) is 5.00. The van der Waals surface area contributed by atoms with E-state index in [2.05, 4.69) is 10.2 Å². The van der Waals surface area contributed by atoms with Crippen molar-refractivity contribution in [3.8, 4) is 11.5 Å². The number of aliphatic hydroxyl groups is 1. The molecule has 1 aliphatic rings. The molecule has 0 saturated carbocycles. The molecule has 0 aliphatic carbocycles. The smallest absolute Gasteiger partial charge is 0.296 e. The Morgan fingerprint density at radius 3 is 2.57 bits per heavy atom. The van der Waals surface area contributed by atoms with Crippen molar-refractivity contribution in [3.05, 3.63) is 64.3 Å². The Balaban J connectivity index is 1.90. The van der Waals surface area contributed by atoms with E-state index in [0.29, 0.717) is 22.1 Å². The van der Waals surface area contributed by atoms with Crippen LogP contribution in [0, 0.1) is 6.92 Å². The van der Waals surface area contributed by atoms with Crippen LogP contribution in [0.5, 0.6) is 11.5 Å². The lowest BCUT2D eigenvalue weighted by Gasteiger charge is -2.24. The topological polar surface area (TPSA) is 115 Å². The third-order valence-corrected chi connectivity index (χ3v) is 5.48. The number of ether oxygens (including phenoxy) is 2. The monoisotopic (exact) mass is 427 g/mol. The Labute approximate surface area is 175 Å². The molecule has 0 radical (unpaired) electrons. The van der Waals surface area contributed by atoms with E-state index < -0.39 is 23.5 Å². The van der Waals surface area contributed by atoms with E-state index in [-0.39, 0.29) is 16.5 Å². The number of nitrogens with zero attached hydrogens (tertiary/aromatic N) is 3. The van der Waals surface area contributed by atoms with E-state index in [1.54, 1.807) is 31.2 Å². The number of anilines is 1. The molecule has 3 aromatic rings. The molecular weight excluding hydrogens is 410 g/mol. The minimum absolute atomic E-state index is 0.00474. The second kappa shape index (κ2) is 7.64. The highest BCUT2D eigenvalue weighted by atomic mass is 32.1. The Bertz CT molecular complexity index is 1150. The molecule has 4 rings (SSSR count). The number of rotatable bonds is 6. The van der Waals surface area contributed by atoms with Gasteiger partial charge < -0.3 is 19.0 Å². The van der Waals surface area contributed by atoms with Crippen molar-refractivity contribution in [2.75, 3.05) is 19.1 Å². The lowest BCUT2D eigenvalue weighted by Crippen LogP contribution is -2.31. The van der Waals surface area contributed by atoms with Crippen molar-refractivity contribution in [3.63, 3.8) is 0 Å². The molecule has 9 nitrogen and oxygen atoms in total. The van der Waals surface area contributed by atoms with E-state index in [0.717, 1.165) is 0 Å². The molecule has 1 N–H and O–H groups in total. The molecule has 0 saturated heterocycles. The largest absolute Gasteiger partial charge is 0.503 e. The third-order valence-electron chi connectivity index (χ3n) is 4.64. The summed E-state index contributed by atoms with van der Waals surface area (Å²) in [7, 11) is 2.99. The maximum atomic E-state index is 13.1. The first-order valence-corrected chi connectivity index (χ1v) is 9.64. The normalized spacial score (nSPS) is 16.3. The number of hydrogen-bond acceptors (Lipinski definition) is 9. The minimum atomic E-state index is -0.956. The van der Waals surface area contributed by atoms with Crippen LogP contribution in [-0.2, 0) is 4.79 Å². The van der Waals surface area contributed by atoms with Crippen LogP contribution in [0.4, 0.5) is 5.13 Å². The lowest BCUT2D eigenvalue weighted by atomic mass is 9.95. The van der Waals surface area contributed by atoms with Gasteiger partial charge in [-0.15, -0.1) is 10.2 Å². The second-order valence-corrected chi connectivity index (χ2v) is 7.52. The summed E-state index contributed by atoms with van der Waals surface area (Å²) in [5, 5.41) is 19.5. The van der Waals surface area contributed by atoms with Crippen LogP contribution in [0.3, 0.4) is 0 Å². The summed E-state index contributed by atoms with van der Waals surface area (Å²) in [5.74, 6) is -1.12. The van der Waals surface area contributed by atoms with Crippen molar-refractivity contribution >= 4 is 28.2 Å². The van der Waals surface area contributed by atoms with Gasteiger partial charge in [-0.25, -0.2) is 0 Å². The fraction of sp³-hybridized carbons (Fsp3) is 0.200. The zero-order valence-corrected chi connectivity index (χ0v) is 17.1. The van der Waals surface area contributed by atoms with Crippen LogP contribution in [0.25, 0.3) is 0 Å². The van der Waals surface area contributed by atoms with Gasteiger partial charge in [0.25, 0.3) is 5.91 Å². The second-order valence-electron chi connectivity index (χ2n) is 6.36. The van der Waals surface area contributed by atoms with Crippen LogP contribution < -0.4 is 14.4 Å². The molecule has 3 heterocycles. The lowest BCUT2D eigenvalue weighted by molar-refractivity contribution is -0.117. The third kappa shape index (κ3) is 3.11. The summed E-state index contributed by atoms with van der Waals surface area (Å²) < 4.78 is 15.8. The number of hydrogen-bond donors (Lipinski definition) is 1. The minimum Gasteiger partial charge on any atom is -0.503 e. The maximum absolute atomic E-state index is 13.1. The highest BCUT2D eigenvalue weighted by Gasteiger charge is 2.46. The van der Waals surface area contributed by atoms with Gasteiger partial charge in [0.2, 0.25) is 10.9 Å². The summed E-state index contributed by atoms with van der Waals surface area (Å²) in [4.78, 5) is 27.4. The quantitative estimate of drug-likeness (QED) is 0.596. The molecule has 1 amide bonds. The van der Waals surface area contributed by atoms with Crippen molar-refractivity contribution in [2.24, 2.45) is 0 Å². The molecule has 1 atom stereocenters. The first-order chi connectivity index (χ1) is 14.5. The number of aliphatic hydroxyl groups excluding tert-OH is 1. The first-order valence-electron chi connectivity index (χ1n) is 8.83. The fourth-order valence-corrected chi connectivity index (χ4v) is 4.01. The van der Waals surface area contributed by atoms with E-state index in [4.69, 9.17) is 13.9 Å². The molecule has 0 spiro atoms. The molecule has 154 valence electrons. The highest BCUT2D eigenvalue weighted by molar-refractivity contribution is 7.15. The Hall–Kier alpha value is -3.66. The summed E-state index contributed by atoms with van der Waals surface area (Å²) in [5.41, 5.74) is 0.405. The number of ketones is 1. The van der Waals surface area contributed by atoms with Crippen LogP contribution in [0.2, 0.25) is 0 Å². The average Bonchev–Trinajstić information content (AvgIpc) is 3.48. The number of Topliss-reactive ketones (excluding diaryl/α,β-unsaturated/α-hetero) is 1. The predicted octanol–water partition coefficient (Wildman–Crippen LogP) is 3.24. The van der Waals surface area contributed by atoms with Gasteiger partial charge in [-0.2, -0.15) is 0 Å². The van der Waals surface area contributed by atoms with E-state index in [1.807, 2.05) is 0 Å². The predicted molar refractivity (Wildman–Crippen MR) is 107 cm³/mol. The van der Waals surface area contributed by atoms with Gasteiger partial charge in [0.15, 0.2) is 23.0 Å². The molecular formula is C20H17N3O6S. The average molecular weight is 427 g/mol. The van der Waals surface area contributed by atoms with Crippen molar-refractivity contribution in [1.82, 2.24) is 10.2 Å². The maximum Gasteiger partial charge on any atom is 0.296 e. The van der Waals surface area contributed by atoms with Gasteiger partial charge in [-0.1, -0.05) is 17.4 Å². The molecule has 1 aromatic carbocycles. The molecule has 10 heteroatoms. The molecule has 0 unspecified atom stereocenters. The molecule has 0 fully saturated rings. The van der Waals surface area contributed by atoms with Gasteiger partial charge >= 0.3 is 0 Å². The van der Waals surface area contributed by atoms with Gasteiger partial charge in [-0.3, -0.25) is 14.5 Å². The van der Waals surface area contributed by atoms with Crippen molar-refractivity contribution < 1.29 is 28.6 Å². The van der Waals surface area contributed by atoms with Gasteiger partial charge in [0.1, 0.15) is 5.01 Å². The Morgan fingerprint density at radius 2 is 1.97 bits per heavy atom. The Morgan fingerprint density at radius 1 is 1.20 bits per heavy atom. The van der Waals surface area contributed by atoms with Gasteiger partial charge in [0, 0.05) is 0 Å². The number of benzene rings is 1. The van der Waals surface area contributed by atoms with Crippen molar-refractivity contribution in [1.29, 1.82) is 0 Å². The van der Waals surface area contributed by atoms with Gasteiger partial charge in [-0.05, 0) is 36.8 Å². The summed E-state index contributed by atoms with van der Waals surface area (Å²) in [6, 6.07) is 7.06. The number of carbonyl (C=O) groups excluding carboxylic acids is 2. The van der Waals surface area contributed by atoms with E-state index >= 15 is 0 Å². The number of methoxy groups -OCH3 is 2. The van der Waals surface area contributed by atoms with Crippen molar-refractivity contribution in [2.45, 2.75) is 13.0 Å². The zero-order valence-electron chi connectivity index (χ0n) is 16.3. The molecule has 2 aromatic heterocycles. The molecule has 0 bridgehead atoms. The molecule has 30 heavy (non-hydrogen) atoms. The van der Waals surface area contributed by atoms with Crippen LogP contribution in [-0.4, -0.2) is 41.2 Å². The van der Waals surface area contributed by atoms with Crippen LogP contribution in [0.1, 0.15) is 27.2 Å². The standard InChI is InChI=1S/C20H17N3O6S/c1-10-21-22-20(30-10)23-16(11-6-7-12(27-2)14(9-11)28-3)15(18(25)19(23)26)17(24)13-5-4-8-29-13/h4-9,16,25H,1-3H3/t16-/m0/s1. The number of carbonyl (C=O) groups is 2. The number of aryl methyl sites for hydroxylation is 1. The zero-order chi connectivity index (χ0) is 21.4. The van der Waals surface area contributed by atoms with E-state index in [9.17, 15) is 14.7 Å². The van der Waals surface area contributed by atoms with E-state index in [1.165, 1.54) is 42.8 Å². The summed E-state index contributed by atoms with van der Waals surface area (Å²) in [6.45, 7) is 1.75. The first kappa shape index (κ1) is 19.6. The highest BCUT2D eigenvalue weighted by Crippen LogP contribution is 2.44. The van der Waals surface area contributed by atoms with Crippen LogP contribution in [0.15, 0.2) is 52.3 Å². The number of aromatic nitrogens is 2. The summed E-state index contributed by atoms with van der Waals surface area (Å²) in [6.07, 6.45) is 1.35. The number of furan rings is 1.